The SMILES string of the molecule is Cc1noc(C)c1COc1ccc(CC(=O)OCCOc2ccc(Cl)cc2)cc1. The van der Waals surface area contributed by atoms with E-state index in [0.717, 1.165) is 22.6 Å². The number of halogens is 1. The van der Waals surface area contributed by atoms with Gasteiger partial charge in [0.1, 0.15) is 37.1 Å². The van der Waals surface area contributed by atoms with Crippen molar-refractivity contribution in [3.8, 4) is 11.5 Å². The van der Waals surface area contributed by atoms with Gasteiger partial charge in [-0.1, -0.05) is 28.9 Å². The number of carbonyl (C=O) groups is 1. The molecule has 0 unspecified atom stereocenters. The van der Waals surface area contributed by atoms with Gasteiger partial charge >= 0.3 is 5.97 Å². The Kier molecular flexibility index (Phi) is 7.14. The van der Waals surface area contributed by atoms with E-state index in [4.69, 9.17) is 30.3 Å². The minimum Gasteiger partial charge on any atom is -0.490 e. The summed E-state index contributed by atoms with van der Waals surface area (Å²) in [4.78, 5) is 12.0. The fourth-order valence-corrected chi connectivity index (χ4v) is 2.76. The molecule has 0 amide bonds. The number of esters is 1. The zero-order chi connectivity index (χ0) is 20.6. The van der Waals surface area contributed by atoms with Crippen molar-refractivity contribution in [2.45, 2.75) is 26.9 Å². The lowest BCUT2D eigenvalue weighted by molar-refractivity contribution is -0.143. The van der Waals surface area contributed by atoms with Crippen molar-refractivity contribution in [3.05, 3.63) is 76.1 Å². The van der Waals surface area contributed by atoms with E-state index in [9.17, 15) is 4.79 Å². The van der Waals surface area contributed by atoms with Gasteiger partial charge in [0.15, 0.2) is 0 Å². The summed E-state index contributed by atoms with van der Waals surface area (Å²) < 4.78 is 21.6. The number of nitrogens with zero attached hydrogens (tertiary/aromatic N) is 1. The van der Waals surface area contributed by atoms with Crippen molar-refractivity contribution in [2.75, 3.05) is 13.2 Å². The predicted molar refractivity (Wildman–Crippen MR) is 108 cm³/mol. The fourth-order valence-electron chi connectivity index (χ4n) is 2.63. The molecular weight excluding hydrogens is 394 g/mol. The molecule has 1 heterocycles. The molecule has 0 aliphatic rings. The molecule has 29 heavy (non-hydrogen) atoms. The van der Waals surface area contributed by atoms with Crippen LogP contribution in [-0.4, -0.2) is 24.3 Å². The second kappa shape index (κ2) is 9.98. The van der Waals surface area contributed by atoms with E-state index < -0.39 is 0 Å². The molecule has 7 heteroatoms. The Labute approximate surface area is 174 Å². The number of hydrogen-bond donors (Lipinski definition) is 0. The molecule has 3 aromatic rings. The number of ether oxygens (including phenoxy) is 3. The lowest BCUT2D eigenvalue weighted by atomic mass is 10.1. The van der Waals surface area contributed by atoms with Gasteiger partial charge in [0.05, 0.1) is 17.7 Å². The summed E-state index contributed by atoms with van der Waals surface area (Å²) in [5.41, 5.74) is 2.61. The second-order valence-electron chi connectivity index (χ2n) is 6.43. The van der Waals surface area contributed by atoms with Gasteiger partial charge in [-0.3, -0.25) is 4.79 Å². The summed E-state index contributed by atoms with van der Waals surface area (Å²) in [6.07, 6.45) is 0.186. The van der Waals surface area contributed by atoms with E-state index >= 15 is 0 Å². The Bertz CT molecular complexity index is 915. The molecular formula is C22H22ClNO5. The molecule has 0 fully saturated rings. The Morgan fingerprint density at radius 1 is 0.966 bits per heavy atom. The monoisotopic (exact) mass is 415 g/mol. The van der Waals surface area contributed by atoms with Gasteiger partial charge < -0.3 is 18.7 Å². The van der Waals surface area contributed by atoms with Crippen LogP contribution in [0, 0.1) is 13.8 Å². The van der Waals surface area contributed by atoms with Gasteiger partial charge in [0, 0.05) is 5.02 Å². The number of rotatable bonds is 9. The maximum Gasteiger partial charge on any atom is 0.310 e. The van der Waals surface area contributed by atoms with Gasteiger partial charge in [-0.25, -0.2) is 0 Å². The molecule has 6 nitrogen and oxygen atoms in total. The first-order valence-electron chi connectivity index (χ1n) is 9.19. The third kappa shape index (κ3) is 6.26. The van der Waals surface area contributed by atoms with E-state index in [1.165, 1.54) is 0 Å². The first-order valence-corrected chi connectivity index (χ1v) is 9.56. The number of hydrogen-bond acceptors (Lipinski definition) is 6. The summed E-state index contributed by atoms with van der Waals surface area (Å²) >= 11 is 5.82. The Morgan fingerprint density at radius 3 is 2.28 bits per heavy atom. The lowest BCUT2D eigenvalue weighted by Crippen LogP contribution is -2.14. The molecule has 0 radical (unpaired) electrons. The van der Waals surface area contributed by atoms with Crippen LogP contribution in [0.3, 0.4) is 0 Å². The van der Waals surface area contributed by atoms with Crippen LogP contribution >= 0.6 is 11.6 Å². The molecule has 0 aliphatic carbocycles. The molecule has 1 aromatic heterocycles. The lowest BCUT2D eigenvalue weighted by Gasteiger charge is -2.09. The van der Waals surface area contributed by atoms with Crippen molar-refractivity contribution in [1.29, 1.82) is 0 Å². The third-order valence-electron chi connectivity index (χ3n) is 4.26. The molecule has 0 bridgehead atoms. The molecule has 0 atom stereocenters. The van der Waals surface area contributed by atoms with Crippen LogP contribution in [0.15, 0.2) is 53.1 Å². The van der Waals surface area contributed by atoms with Crippen LogP contribution in [0.1, 0.15) is 22.6 Å². The molecule has 0 saturated heterocycles. The number of aryl methyl sites for hydroxylation is 2. The quantitative estimate of drug-likeness (QED) is 0.373. The molecule has 2 aromatic carbocycles. The molecule has 3 rings (SSSR count). The summed E-state index contributed by atoms with van der Waals surface area (Å²) in [6, 6.07) is 14.3. The predicted octanol–water partition coefficient (Wildman–Crippen LogP) is 4.69. The van der Waals surface area contributed by atoms with Gasteiger partial charge in [-0.2, -0.15) is 0 Å². The van der Waals surface area contributed by atoms with Gasteiger partial charge in [-0.05, 0) is 55.8 Å². The van der Waals surface area contributed by atoms with Crippen LogP contribution in [0.4, 0.5) is 0 Å². The third-order valence-corrected chi connectivity index (χ3v) is 4.52. The van der Waals surface area contributed by atoms with Crippen molar-refractivity contribution in [2.24, 2.45) is 0 Å². The van der Waals surface area contributed by atoms with Crippen LogP contribution in [0.2, 0.25) is 5.02 Å². The normalized spacial score (nSPS) is 10.6. The summed E-state index contributed by atoms with van der Waals surface area (Å²) in [5.74, 6) is 1.83. The topological polar surface area (TPSA) is 70.8 Å². The minimum absolute atomic E-state index is 0.181. The van der Waals surface area contributed by atoms with Crippen LogP contribution in [-0.2, 0) is 22.6 Å². The first kappa shape index (κ1) is 20.7. The number of benzene rings is 2. The molecule has 0 aliphatic heterocycles. The Morgan fingerprint density at radius 2 is 1.62 bits per heavy atom. The smallest absolute Gasteiger partial charge is 0.310 e. The minimum atomic E-state index is -0.311. The molecule has 152 valence electrons. The van der Waals surface area contributed by atoms with E-state index in [1.54, 1.807) is 24.3 Å². The number of aromatic nitrogens is 1. The zero-order valence-electron chi connectivity index (χ0n) is 16.3. The van der Waals surface area contributed by atoms with Gasteiger partial charge in [-0.15, -0.1) is 0 Å². The highest BCUT2D eigenvalue weighted by molar-refractivity contribution is 6.30. The summed E-state index contributed by atoms with van der Waals surface area (Å²) in [5, 5.41) is 4.55. The van der Waals surface area contributed by atoms with Crippen molar-refractivity contribution < 1.29 is 23.5 Å². The zero-order valence-corrected chi connectivity index (χ0v) is 17.1. The van der Waals surface area contributed by atoms with Crippen LogP contribution < -0.4 is 9.47 Å². The van der Waals surface area contributed by atoms with Crippen molar-refractivity contribution in [3.63, 3.8) is 0 Å². The first-order chi connectivity index (χ1) is 14.0. The molecule has 0 saturated carbocycles. The van der Waals surface area contributed by atoms with E-state index in [1.807, 2.05) is 38.1 Å². The maximum absolute atomic E-state index is 12.0. The van der Waals surface area contributed by atoms with Crippen LogP contribution in [0.5, 0.6) is 11.5 Å². The summed E-state index contributed by atoms with van der Waals surface area (Å²) in [6.45, 7) is 4.58. The average molecular weight is 416 g/mol. The second-order valence-corrected chi connectivity index (χ2v) is 6.87. The molecule has 0 N–H and O–H groups in total. The number of carbonyl (C=O) groups excluding carboxylic acids is 1. The fraction of sp³-hybridized carbons (Fsp3) is 0.273. The Balaban J connectivity index is 1.38. The van der Waals surface area contributed by atoms with E-state index in [-0.39, 0.29) is 25.6 Å². The van der Waals surface area contributed by atoms with Crippen molar-refractivity contribution >= 4 is 17.6 Å². The largest absolute Gasteiger partial charge is 0.490 e. The standard InChI is InChI=1S/C22H22ClNO5/c1-15-21(16(2)29-24-15)14-28-20-7-3-17(4-8-20)13-22(25)27-12-11-26-19-9-5-18(23)6-10-19/h3-10H,11-14H2,1-2H3. The summed E-state index contributed by atoms with van der Waals surface area (Å²) in [7, 11) is 0. The van der Waals surface area contributed by atoms with E-state index in [0.29, 0.717) is 23.1 Å². The van der Waals surface area contributed by atoms with Gasteiger partial charge in [0.2, 0.25) is 0 Å². The molecule has 0 spiro atoms. The maximum atomic E-state index is 12.0. The Hall–Kier alpha value is -2.99. The average Bonchev–Trinajstić information content (AvgIpc) is 3.04. The van der Waals surface area contributed by atoms with Gasteiger partial charge in [0.25, 0.3) is 0 Å². The van der Waals surface area contributed by atoms with Crippen LogP contribution in [0.25, 0.3) is 0 Å². The highest BCUT2D eigenvalue weighted by Gasteiger charge is 2.10. The van der Waals surface area contributed by atoms with Crippen molar-refractivity contribution in [1.82, 2.24) is 5.16 Å². The van der Waals surface area contributed by atoms with E-state index in [2.05, 4.69) is 5.16 Å². The highest BCUT2D eigenvalue weighted by Crippen LogP contribution is 2.18. The highest BCUT2D eigenvalue weighted by atomic mass is 35.5.